The summed E-state index contributed by atoms with van der Waals surface area (Å²) in [6.45, 7) is 0.0360. The van der Waals surface area contributed by atoms with E-state index in [9.17, 15) is 18.8 Å². The number of benzene rings is 1. The first-order valence-electron chi connectivity index (χ1n) is 10.6. The number of likely N-dealkylation sites (N-methyl/N-ethyl adjacent to an activating group) is 1. The van der Waals surface area contributed by atoms with Gasteiger partial charge in [0.2, 0.25) is 0 Å². The van der Waals surface area contributed by atoms with Crippen molar-refractivity contribution in [2.24, 2.45) is 0 Å². The molecule has 1 aliphatic rings. The zero-order valence-corrected chi connectivity index (χ0v) is 18.6. The molecular formula is C23H24FN3O4S. The van der Waals surface area contributed by atoms with Crippen molar-refractivity contribution < 1.29 is 18.7 Å². The van der Waals surface area contributed by atoms with Gasteiger partial charge in [-0.25, -0.2) is 9.37 Å². The van der Waals surface area contributed by atoms with E-state index < -0.39 is 5.97 Å². The lowest BCUT2D eigenvalue weighted by Gasteiger charge is -2.17. The fourth-order valence-electron chi connectivity index (χ4n) is 3.83. The average molecular weight is 458 g/mol. The number of hydrogen-bond donors (Lipinski definition) is 0. The van der Waals surface area contributed by atoms with Gasteiger partial charge in [-0.2, -0.15) is 0 Å². The summed E-state index contributed by atoms with van der Waals surface area (Å²) < 4.78 is 19.5. The van der Waals surface area contributed by atoms with Crippen molar-refractivity contribution in [2.45, 2.75) is 45.2 Å². The van der Waals surface area contributed by atoms with Crippen LogP contribution in [-0.4, -0.2) is 40.0 Å². The number of carbonyl (C=O) groups is 2. The number of ether oxygens (including phenoxy) is 1. The molecule has 1 aliphatic carbocycles. The maximum Gasteiger partial charge on any atom is 0.308 e. The maximum absolute atomic E-state index is 13.0. The monoisotopic (exact) mass is 457 g/mol. The summed E-state index contributed by atoms with van der Waals surface area (Å²) in [7, 11) is 1.58. The zero-order chi connectivity index (χ0) is 22.7. The standard InChI is InChI=1S/C23H24FN3O4S/c1-26(12-15-6-8-16(24)9-7-15)19(28)13-31-20(29)10-11-27-14-25-22-21(23(27)30)17-4-2-3-5-18(17)32-22/h6-9,14H,2-5,10-13H2,1H3. The summed E-state index contributed by atoms with van der Waals surface area (Å²) in [6.07, 6.45) is 5.54. The highest BCUT2D eigenvalue weighted by Crippen LogP contribution is 2.33. The second-order valence-electron chi connectivity index (χ2n) is 7.92. The largest absolute Gasteiger partial charge is 0.456 e. The quantitative estimate of drug-likeness (QED) is 0.510. The minimum atomic E-state index is -0.562. The molecule has 0 unspecified atom stereocenters. The number of nitrogens with zero attached hydrogens (tertiary/aromatic N) is 3. The molecule has 0 saturated heterocycles. The van der Waals surface area contributed by atoms with Crippen LogP contribution in [0.25, 0.3) is 10.2 Å². The first-order valence-corrected chi connectivity index (χ1v) is 11.4. The van der Waals surface area contributed by atoms with Crippen LogP contribution in [0.5, 0.6) is 0 Å². The van der Waals surface area contributed by atoms with Crippen LogP contribution < -0.4 is 5.56 Å². The van der Waals surface area contributed by atoms with Gasteiger partial charge in [-0.15, -0.1) is 11.3 Å². The Hall–Kier alpha value is -3.07. The predicted molar refractivity (Wildman–Crippen MR) is 119 cm³/mol. The van der Waals surface area contributed by atoms with E-state index in [1.54, 1.807) is 30.5 Å². The molecule has 0 N–H and O–H groups in total. The normalized spacial score (nSPS) is 13.1. The molecule has 0 spiro atoms. The molecule has 1 aromatic carbocycles. The van der Waals surface area contributed by atoms with Gasteiger partial charge >= 0.3 is 5.97 Å². The molecule has 0 bridgehead atoms. The summed E-state index contributed by atoms with van der Waals surface area (Å²) in [4.78, 5) is 45.1. The van der Waals surface area contributed by atoms with Gasteiger partial charge in [-0.1, -0.05) is 12.1 Å². The van der Waals surface area contributed by atoms with E-state index >= 15 is 0 Å². The lowest BCUT2D eigenvalue weighted by atomic mass is 9.97. The van der Waals surface area contributed by atoms with E-state index in [4.69, 9.17) is 4.74 Å². The third-order valence-electron chi connectivity index (χ3n) is 5.61. The number of esters is 1. The minimum Gasteiger partial charge on any atom is -0.456 e. The van der Waals surface area contributed by atoms with Gasteiger partial charge in [-0.3, -0.25) is 19.0 Å². The number of aryl methyl sites for hydroxylation is 3. The molecule has 0 atom stereocenters. The SMILES string of the molecule is CN(Cc1ccc(F)cc1)C(=O)COC(=O)CCn1cnc2sc3c(c2c1=O)CCCC3. The number of thiophene rings is 1. The van der Waals surface area contributed by atoms with Crippen LogP contribution >= 0.6 is 11.3 Å². The van der Waals surface area contributed by atoms with Crippen molar-refractivity contribution in [2.75, 3.05) is 13.7 Å². The van der Waals surface area contributed by atoms with Gasteiger partial charge in [0.05, 0.1) is 18.1 Å². The number of fused-ring (bicyclic) bond motifs is 3. The first-order chi connectivity index (χ1) is 15.4. The summed E-state index contributed by atoms with van der Waals surface area (Å²) in [6, 6.07) is 5.85. The molecule has 0 saturated carbocycles. The molecule has 9 heteroatoms. The van der Waals surface area contributed by atoms with Gasteiger partial charge in [-0.05, 0) is 48.9 Å². The molecule has 168 valence electrons. The predicted octanol–water partition coefficient (Wildman–Crippen LogP) is 3.07. The van der Waals surface area contributed by atoms with Gasteiger partial charge in [0, 0.05) is 25.0 Å². The summed E-state index contributed by atoms with van der Waals surface area (Å²) in [5.41, 5.74) is 1.75. The Morgan fingerprint density at radius 1 is 1.22 bits per heavy atom. The van der Waals surface area contributed by atoms with E-state index in [1.165, 1.54) is 32.8 Å². The minimum absolute atomic E-state index is 0.0334. The number of rotatable bonds is 7. The number of aromatic nitrogens is 2. The van der Waals surface area contributed by atoms with Crippen molar-refractivity contribution in [3.8, 4) is 0 Å². The second kappa shape index (κ2) is 9.60. The molecule has 32 heavy (non-hydrogen) atoms. The summed E-state index contributed by atoms with van der Waals surface area (Å²) >= 11 is 1.59. The lowest BCUT2D eigenvalue weighted by molar-refractivity contribution is -0.151. The van der Waals surface area contributed by atoms with Crippen molar-refractivity contribution in [3.63, 3.8) is 0 Å². The number of halogens is 1. The van der Waals surface area contributed by atoms with E-state index in [2.05, 4.69) is 4.98 Å². The topological polar surface area (TPSA) is 81.5 Å². The van der Waals surface area contributed by atoms with E-state index in [-0.39, 0.29) is 43.4 Å². The van der Waals surface area contributed by atoms with Crippen molar-refractivity contribution in [3.05, 3.63) is 62.8 Å². The van der Waals surface area contributed by atoms with Gasteiger partial charge in [0.25, 0.3) is 11.5 Å². The molecule has 4 rings (SSSR count). The molecule has 1 amide bonds. The molecule has 2 heterocycles. The third-order valence-corrected chi connectivity index (χ3v) is 6.81. The molecular weight excluding hydrogens is 433 g/mol. The second-order valence-corrected chi connectivity index (χ2v) is 9.00. The van der Waals surface area contributed by atoms with Crippen molar-refractivity contribution >= 4 is 33.4 Å². The van der Waals surface area contributed by atoms with Crippen LogP contribution in [0.1, 0.15) is 35.3 Å². The number of hydrogen-bond acceptors (Lipinski definition) is 6. The average Bonchev–Trinajstić information content (AvgIpc) is 3.18. The smallest absolute Gasteiger partial charge is 0.308 e. The fourth-order valence-corrected chi connectivity index (χ4v) is 5.05. The Bertz CT molecular complexity index is 1200. The molecule has 3 aromatic rings. The molecule has 0 radical (unpaired) electrons. The Balaban J connectivity index is 1.30. The maximum atomic E-state index is 13.0. The zero-order valence-electron chi connectivity index (χ0n) is 17.8. The highest BCUT2D eigenvalue weighted by molar-refractivity contribution is 7.18. The summed E-state index contributed by atoms with van der Waals surface area (Å²) in [5, 5.41) is 0.679. The Kier molecular flexibility index (Phi) is 6.64. The van der Waals surface area contributed by atoms with Crippen molar-refractivity contribution in [1.82, 2.24) is 14.5 Å². The highest BCUT2D eigenvalue weighted by Gasteiger charge is 2.20. The van der Waals surface area contributed by atoms with E-state index in [0.717, 1.165) is 41.6 Å². The van der Waals surface area contributed by atoms with E-state index in [0.29, 0.717) is 5.39 Å². The fraction of sp³-hybridized carbons (Fsp3) is 0.391. The third kappa shape index (κ3) is 4.88. The van der Waals surface area contributed by atoms with Crippen LogP contribution in [0.4, 0.5) is 4.39 Å². The van der Waals surface area contributed by atoms with Crippen LogP contribution in [-0.2, 0) is 40.3 Å². The Morgan fingerprint density at radius 2 is 1.97 bits per heavy atom. The van der Waals surface area contributed by atoms with Crippen molar-refractivity contribution in [1.29, 1.82) is 0 Å². The van der Waals surface area contributed by atoms with Crippen LogP contribution in [0.3, 0.4) is 0 Å². The van der Waals surface area contributed by atoms with Crippen LogP contribution in [0.15, 0.2) is 35.4 Å². The molecule has 7 nitrogen and oxygen atoms in total. The van der Waals surface area contributed by atoms with E-state index in [1.807, 2.05) is 0 Å². The number of carbonyl (C=O) groups excluding carboxylic acids is 2. The molecule has 0 aliphatic heterocycles. The number of amides is 1. The highest BCUT2D eigenvalue weighted by atomic mass is 32.1. The van der Waals surface area contributed by atoms with Gasteiger partial charge in [0.1, 0.15) is 10.6 Å². The Labute approximate surface area is 188 Å². The van der Waals surface area contributed by atoms with Crippen LogP contribution in [0.2, 0.25) is 0 Å². The molecule has 2 aromatic heterocycles. The van der Waals surface area contributed by atoms with Crippen LogP contribution in [0, 0.1) is 5.82 Å². The Morgan fingerprint density at radius 3 is 2.75 bits per heavy atom. The molecule has 0 fully saturated rings. The van der Waals surface area contributed by atoms with Gasteiger partial charge in [0.15, 0.2) is 6.61 Å². The van der Waals surface area contributed by atoms with Gasteiger partial charge < -0.3 is 9.64 Å². The lowest BCUT2D eigenvalue weighted by Crippen LogP contribution is -2.31. The summed E-state index contributed by atoms with van der Waals surface area (Å²) in [5.74, 6) is -1.27. The first kappa shape index (κ1) is 22.1.